The minimum absolute atomic E-state index is 0.0422. The van der Waals surface area contributed by atoms with Crippen LogP contribution in [0, 0.1) is 12.7 Å². The van der Waals surface area contributed by atoms with Gasteiger partial charge in [0, 0.05) is 49.2 Å². The Bertz CT molecular complexity index is 1320. The Morgan fingerprint density at radius 2 is 2.09 bits per heavy atom. The van der Waals surface area contributed by atoms with Crippen LogP contribution in [-0.2, 0) is 20.1 Å². The SMILES string of the molecule is CC/C=C\C(COc1nccc2c1C(=O)N(Cc1ccc(-c3cn(C)nc3C)cc1F)C2)=C(/C)F. The van der Waals surface area contributed by atoms with Crippen LogP contribution in [0.2, 0.25) is 0 Å². The first kappa shape index (κ1) is 24.3. The average Bonchev–Trinajstić information content (AvgIpc) is 3.33. The van der Waals surface area contributed by atoms with Gasteiger partial charge >= 0.3 is 0 Å². The summed E-state index contributed by atoms with van der Waals surface area (Å²) >= 11 is 0. The van der Waals surface area contributed by atoms with E-state index in [4.69, 9.17) is 4.74 Å². The number of nitrogens with zero attached hydrogens (tertiary/aromatic N) is 4. The van der Waals surface area contributed by atoms with Crippen LogP contribution in [0.25, 0.3) is 11.1 Å². The Labute approximate surface area is 203 Å². The quantitative estimate of drug-likeness (QED) is 0.391. The van der Waals surface area contributed by atoms with Gasteiger partial charge in [0.1, 0.15) is 23.8 Å². The standard InChI is InChI=1S/C27H28F2N4O2/c1-5-6-7-22(17(2)28)16-35-26-25-21(10-11-30-26)14-33(27(25)34)13-20-9-8-19(12-24(20)29)23-15-32(4)31-18(23)3/h6-12,15H,5,13-14,16H2,1-4H3/b7-6-,22-17-. The fourth-order valence-corrected chi connectivity index (χ4v) is 4.11. The van der Waals surface area contributed by atoms with Crippen LogP contribution >= 0.6 is 0 Å². The zero-order valence-electron chi connectivity index (χ0n) is 20.3. The topological polar surface area (TPSA) is 60.2 Å². The van der Waals surface area contributed by atoms with Crippen LogP contribution in [0.15, 0.2) is 60.2 Å². The zero-order chi connectivity index (χ0) is 25.1. The number of benzene rings is 1. The van der Waals surface area contributed by atoms with Crippen molar-refractivity contribution in [1.82, 2.24) is 19.7 Å². The molecule has 0 unspecified atom stereocenters. The molecule has 2 aromatic heterocycles. The van der Waals surface area contributed by atoms with Crippen LogP contribution in [-0.4, -0.2) is 32.2 Å². The fourth-order valence-electron chi connectivity index (χ4n) is 4.11. The average molecular weight is 479 g/mol. The van der Waals surface area contributed by atoms with Gasteiger partial charge in [0.2, 0.25) is 5.88 Å². The van der Waals surface area contributed by atoms with Crippen LogP contribution in [0.3, 0.4) is 0 Å². The van der Waals surface area contributed by atoms with Gasteiger partial charge in [-0.1, -0.05) is 31.2 Å². The maximum Gasteiger partial charge on any atom is 0.260 e. The second kappa shape index (κ2) is 10.2. The van der Waals surface area contributed by atoms with Crippen LogP contribution in [0.4, 0.5) is 8.78 Å². The molecule has 3 heterocycles. The molecule has 6 nitrogen and oxygen atoms in total. The number of carbonyl (C=O) groups is 1. The summed E-state index contributed by atoms with van der Waals surface area (Å²) in [6.45, 7) is 5.58. The van der Waals surface area contributed by atoms with Gasteiger partial charge in [-0.25, -0.2) is 13.8 Å². The highest BCUT2D eigenvalue weighted by atomic mass is 19.1. The number of hydrogen-bond acceptors (Lipinski definition) is 4. The van der Waals surface area contributed by atoms with Crippen molar-refractivity contribution in [3.05, 3.63) is 88.4 Å². The van der Waals surface area contributed by atoms with E-state index in [0.717, 1.165) is 28.8 Å². The highest BCUT2D eigenvalue weighted by Gasteiger charge is 2.32. The van der Waals surface area contributed by atoms with Crippen molar-refractivity contribution in [3.63, 3.8) is 0 Å². The molecule has 0 N–H and O–H groups in total. The molecule has 0 saturated heterocycles. The van der Waals surface area contributed by atoms with E-state index in [-0.39, 0.29) is 36.6 Å². The molecular weight excluding hydrogens is 450 g/mol. The Hall–Kier alpha value is -3.81. The number of hydrogen-bond donors (Lipinski definition) is 0. The summed E-state index contributed by atoms with van der Waals surface area (Å²) < 4.78 is 36.3. The highest BCUT2D eigenvalue weighted by molar-refractivity contribution is 6.00. The Balaban J connectivity index is 1.51. The van der Waals surface area contributed by atoms with E-state index in [2.05, 4.69) is 10.1 Å². The molecule has 0 aliphatic carbocycles. The van der Waals surface area contributed by atoms with E-state index in [1.165, 1.54) is 13.0 Å². The van der Waals surface area contributed by atoms with E-state index in [1.807, 2.05) is 39.2 Å². The fraction of sp³-hybridized carbons (Fsp3) is 0.296. The van der Waals surface area contributed by atoms with Crippen LogP contribution < -0.4 is 4.74 Å². The molecule has 182 valence electrons. The lowest BCUT2D eigenvalue weighted by Gasteiger charge is -2.17. The number of ether oxygens (including phenoxy) is 1. The normalized spacial score (nSPS) is 14.0. The number of aromatic nitrogens is 3. The van der Waals surface area contributed by atoms with Crippen molar-refractivity contribution >= 4 is 5.91 Å². The van der Waals surface area contributed by atoms with Gasteiger partial charge in [-0.3, -0.25) is 9.48 Å². The number of allylic oxidation sites excluding steroid dienone is 2. The molecule has 4 rings (SSSR count). The number of halogens is 2. The van der Waals surface area contributed by atoms with E-state index >= 15 is 4.39 Å². The molecule has 0 radical (unpaired) electrons. The second-order valence-electron chi connectivity index (χ2n) is 8.58. The third-order valence-corrected chi connectivity index (χ3v) is 5.97. The number of amides is 1. The van der Waals surface area contributed by atoms with Gasteiger partial charge in [0.15, 0.2) is 0 Å². The lowest BCUT2D eigenvalue weighted by molar-refractivity contribution is 0.0762. The summed E-state index contributed by atoms with van der Waals surface area (Å²) in [5.41, 5.74) is 4.30. The minimum atomic E-state index is -0.389. The van der Waals surface area contributed by atoms with Crippen molar-refractivity contribution in [2.75, 3.05) is 6.61 Å². The summed E-state index contributed by atoms with van der Waals surface area (Å²) in [6, 6.07) is 6.76. The molecule has 8 heteroatoms. The van der Waals surface area contributed by atoms with E-state index in [9.17, 15) is 9.18 Å². The molecule has 0 saturated carbocycles. The minimum Gasteiger partial charge on any atom is -0.472 e. The lowest BCUT2D eigenvalue weighted by atomic mass is 10.0. The molecular formula is C27H28F2N4O2. The maximum atomic E-state index is 15.0. The highest BCUT2D eigenvalue weighted by Crippen LogP contribution is 2.32. The van der Waals surface area contributed by atoms with Gasteiger partial charge in [-0.2, -0.15) is 5.10 Å². The maximum absolute atomic E-state index is 15.0. The van der Waals surface area contributed by atoms with Gasteiger partial charge in [0.25, 0.3) is 5.91 Å². The number of carbonyl (C=O) groups excluding carboxylic acids is 1. The summed E-state index contributed by atoms with van der Waals surface area (Å²) in [4.78, 5) is 19.0. The van der Waals surface area contributed by atoms with Crippen LogP contribution in [0.1, 0.15) is 47.4 Å². The zero-order valence-corrected chi connectivity index (χ0v) is 20.3. The molecule has 1 aliphatic heterocycles. The van der Waals surface area contributed by atoms with Crippen molar-refractivity contribution in [1.29, 1.82) is 0 Å². The Kier molecular flexibility index (Phi) is 7.10. The monoisotopic (exact) mass is 478 g/mol. The largest absolute Gasteiger partial charge is 0.472 e. The first-order valence-electron chi connectivity index (χ1n) is 11.5. The van der Waals surface area contributed by atoms with Crippen molar-refractivity contribution in [2.45, 2.75) is 40.3 Å². The molecule has 1 aliphatic rings. The molecule has 3 aromatic rings. The summed E-state index contributed by atoms with van der Waals surface area (Å²) in [5, 5.41) is 4.31. The molecule has 0 spiro atoms. The molecule has 1 amide bonds. The molecule has 35 heavy (non-hydrogen) atoms. The van der Waals surface area contributed by atoms with Gasteiger partial charge < -0.3 is 9.64 Å². The smallest absolute Gasteiger partial charge is 0.260 e. The second-order valence-corrected chi connectivity index (χ2v) is 8.58. The van der Waals surface area contributed by atoms with E-state index < -0.39 is 0 Å². The molecule has 0 fully saturated rings. The van der Waals surface area contributed by atoms with Crippen molar-refractivity contribution < 1.29 is 18.3 Å². The Morgan fingerprint density at radius 1 is 1.29 bits per heavy atom. The summed E-state index contributed by atoms with van der Waals surface area (Å²) in [7, 11) is 1.82. The predicted octanol–water partition coefficient (Wildman–Crippen LogP) is 5.67. The third kappa shape index (κ3) is 5.16. The van der Waals surface area contributed by atoms with Crippen molar-refractivity contribution in [3.8, 4) is 17.0 Å². The summed E-state index contributed by atoms with van der Waals surface area (Å²) in [6.07, 6.45) is 7.69. The number of rotatable bonds is 8. The first-order chi connectivity index (χ1) is 16.8. The Morgan fingerprint density at radius 3 is 2.74 bits per heavy atom. The van der Waals surface area contributed by atoms with Gasteiger partial charge in [0.05, 0.1) is 5.69 Å². The first-order valence-corrected chi connectivity index (χ1v) is 11.5. The third-order valence-electron chi connectivity index (χ3n) is 5.97. The summed E-state index contributed by atoms with van der Waals surface area (Å²) in [5.74, 6) is -0.876. The van der Waals surface area contributed by atoms with Gasteiger partial charge in [-0.15, -0.1) is 0 Å². The lowest BCUT2D eigenvalue weighted by Crippen LogP contribution is -2.24. The number of pyridine rings is 1. The molecule has 1 aromatic carbocycles. The van der Waals surface area contributed by atoms with Crippen molar-refractivity contribution in [2.24, 2.45) is 7.05 Å². The van der Waals surface area contributed by atoms with Crippen LogP contribution in [0.5, 0.6) is 5.88 Å². The predicted molar refractivity (Wildman–Crippen MR) is 130 cm³/mol. The van der Waals surface area contributed by atoms with Gasteiger partial charge in [-0.05, 0) is 43.5 Å². The number of aryl methyl sites for hydroxylation is 2. The van der Waals surface area contributed by atoms with E-state index in [0.29, 0.717) is 23.2 Å². The molecule has 0 atom stereocenters. The molecule has 0 bridgehead atoms. The van der Waals surface area contributed by atoms with E-state index in [1.54, 1.807) is 34.0 Å². The number of fused-ring (bicyclic) bond motifs is 1.